The first-order chi connectivity index (χ1) is 8.31. The maximum atomic E-state index is 4.12. The minimum atomic E-state index is 0.817. The summed E-state index contributed by atoms with van der Waals surface area (Å²) >= 11 is 0. The molecule has 0 unspecified atom stereocenters. The first-order valence-electron chi connectivity index (χ1n) is 6.08. The molecule has 0 amide bonds. The molecule has 90 valence electrons. The average molecular weight is 229 g/mol. The van der Waals surface area contributed by atoms with Gasteiger partial charge in [-0.3, -0.25) is 0 Å². The molecule has 0 spiro atoms. The quantitative estimate of drug-likeness (QED) is 0.854. The van der Waals surface area contributed by atoms with Gasteiger partial charge in [0.2, 0.25) is 0 Å². The van der Waals surface area contributed by atoms with Crippen LogP contribution < -0.4 is 5.32 Å². The maximum absolute atomic E-state index is 4.12. The van der Waals surface area contributed by atoms with Crippen molar-refractivity contribution in [2.24, 2.45) is 7.05 Å². The fourth-order valence-electron chi connectivity index (χ4n) is 1.92. The Bertz CT molecular complexity index is 474. The number of benzene rings is 1. The predicted octanol–water partition coefficient (Wildman–Crippen LogP) is 2.98. The Balaban J connectivity index is 2.06. The van der Waals surface area contributed by atoms with Crippen LogP contribution in [0.1, 0.15) is 24.6 Å². The van der Waals surface area contributed by atoms with Gasteiger partial charge in [0.05, 0.1) is 18.6 Å². The first kappa shape index (κ1) is 11.7. The van der Waals surface area contributed by atoms with E-state index in [4.69, 9.17) is 0 Å². The Morgan fingerprint density at radius 3 is 2.82 bits per heavy atom. The van der Waals surface area contributed by atoms with Crippen molar-refractivity contribution in [3.8, 4) is 0 Å². The fourth-order valence-corrected chi connectivity index (χ4v) is 1.92. The van der Waals surface area contributed by atoms with Gasteiger partial charge >= 0.3 is 0 Å². The number of imidazole rings is 1. The van der Waals surface area contributed by atoms with Gasteiger partial charge in [-0.1, -0.05) is 31.5 Å². The standard InChI is InChI=1S/C14H19N3/c1-3-6-12-7-4-5-8-14(12)16-10-13-9-15-11-17(13)2/h4-5,7-9,11,16H,3,6,10H2,1-2H3. The lowest BCUT2D eigenvalue weighted by atomic mass is 10.1. The predicted molar refractivity (Wildman–Crippen MR) is 71.0 cm³/mol. The number of hydrogen-bond donors (Lipinski definition) is 1. The summed E-state index contributed by atoms with van der Waals surface area (Å²) in [5.74, 6) is 0. The first-order valence-corrected chi connectivity index (χ1v) is 6.08. The molecule has 0 atom stereocenters. The Kier molecular flexibility index (Phi) is 3.81. The molecule has 0 aliphatic rings. The highest BCUT2D eigenvalue weighted by Crippen LogP contribution is 2.17. The molecular formula is C14H19N3. The maximum Gasteiger partial charge on any atom is 0.0946 e. The monoisotopic (exact) mass is 229 g/mol. The number of aryl methyl sites for hydroxylation is 2. The Morgan fingerprint density at radius 1 is 1.29 bits per heavy atom. The fraction of sp³-hybridized carbons (Fsp3) is 0.357. The van der Waals surface area contributed by atoms with Crippen molar-refractivity contribution in [1.29, 1.82) is 0 Å². The van der Waals surface area contributed by atoms with E-state index in [1.807, 2.05) is 24.1 Å². The molecule has 0 aliphatic heterocycles. The number of para-hydroxylation sites is 1. The highest BCUT2D eigenvalue weighted by Gasteiger charge is 2.02. The molecule has 0 saturated heterocycles. The molecule has 1 heterocycles. The van der Waals surface area contributed by atoms with E-state index in [9.17, 15) is 0 Å². The zero-order valence-electron chi connectivity index (χ0n) is 10.5. The molecule has 0 aliphatic carbocycles. The average Bonchev–Trinajstić information content (AvgIpc) is 2.74. The number of rotatable bonds is 5. The van der Waals surface area contributed by atoms with Crippen molar-refractivity contribution in [3.63, 3.8) is 0 Å². The van der Waals surface area contributed by atoms with Crippen LogP contribution in [-0.2, 0) is 20.0 Å². The molecular weight excluding hydrogens is 210 g/mol. The highest BCUT2D eigenvalue weighted by atomic mass is 15.0. The molecule has 17 heavy (non-hydrogen) atoms. The van der Waals surface area contributed by atoms with Gasteiger partial charge in [0, 0.05) is 18.9 Å². The molecule has 0 bridgehead atoms. The summed E-state index contributed by atoms with van der Waals surface area (Å²) in [6, 6.07) is 8.50. The summed E-state index contributed by atoms with van der Waals surface area (Å²) < 4.78 is 2.04. The molecule has 1 aromatic carbocycles. The number of nitrogens with zero attached hydrogens (tertiary/aromatic N) is 2. The Hall–Kier alpha value is -1.77. The number of hydrogen-bond acceptors (Lipinski definition) is 2. The molecule has 1 aromatic heterocycles. The number of nitrogens with one attached hydrogen (secondary N) is 1. The van der Waals surface area contributed by atoms with Crippen molar-refractivity contribution >= 4 is 5.69 Å². The number of aromatic nitrogens is 2. The largest absolute Gasteiger partial charge is 0.379 e. The summed E-state index contributed by atoms with van der Waals surface area (Å²) in [6.07, 6.45) is 6.02. The van der Waals surface area contributed by atoms with Gasteiger partial charge in [-0.2, -0.15) is 0 Å². The van der Waals surface area contributed by atoms with E-state index in [1.165, 1.54) is 23.4 Å². The molecule has 0 fully saturated rings. The van der Waals surface area contributed by atoms with Crippen LogP contribution in [0.4, 0.5) is 5.69 Å². The van der Waals surface area contributed by atoms with Crippen molar-refractivity contribution in [2.75, 3.05) is 5.32 Å². The van der Waals surface area contributed by atoms with E-state index in [1.54, 1.807) is 0 Å². The SMILES string of the molecule is CCCc1ccccc1NCc1cncn1C. The second-order valence-electron chi connectivity index (χ2n) is 4.26. The normalized spacial score (nSPS) is 10.5. The molecule has 2 aromatic rings. The van der Waals surface area contributed by atoms with Gasteiger partial charge in [-0.05, 0) is 18.1 Å². The minimum Gasteiger partial charge on any atom is -0.379 e. The molecule has 3 heteroatoms. The van der Waals surface area contributed by atoms with Crippen LogP contribution in [0.2, 0.25) is 0 Å². The van der Waals surface area contributed by atoms with E-state index in [-0.39, 0.29) is 0 Å². The summed E-state index contributed by atoms with van der Waals surface area (Å²) in [6.45, 7) is 3.02. The second kappa shape index (κ2) is 5.53. The van der Waals surface area contributed by atoms with E-state index in [0.717, 1.165) is 13.0 Å². The van der Waals surface area contributed by atoms with Crippen LogP contribution in [0.5, 0.6) is 0 Å². The van der Waals surface area contributed by atoms with Gasteiger partial charge in [-0.25, -0.2) is 4.98 Å². The van der Waals surface area contributed by atoms with Crippen molar-refractivity contribution in [1.82, 2.24) is 9.55 Å². The van der Waals surface area contributed by atoms with Gasteiger partial charge in [0.1, 0.15) is 0 Å². The third kappa shape index (κ3) is 2.87. The molecule has 2 rings (SSSR count). The van der Waals surface area contributed by atoms with Crippen molar-refractivity contribution in [3.05, 3.63) is 48.0 Å². The Morgan fingerprint density at radius 2 is 2.12 bits per heavy atom. The van der Waals surface area contributed by atoms with Crippen LogP contribution in [0.25, 0.3) is 0 Å². The van der Waals surface area contributed by atoms with Crippen LogP contribution in [0, 0.1) is 0 Å². The second-order valence-corrected chi connectivity index (χ2v) is 4.26. The van der Waals surface area contributed by atoms with Crippen LogP contribution in [0.15, 0.2) is 36.8 Å². The van der Waals surface area contributed by atoms with Crippen LogP contribution in [0.3, 0.4) is 0 Å². The molecule has 1 N–H and O–H groups in total. The van der Waals surface area contributed by atoms with E-state index >= 15 is 0 Å². The van der Waals surface area contributed by atoms with E-state index in [2.05, 4.69) is 41.5 Å². The third-order valence-electron chi connectivity index (χ3n) is 2.91. The van der Waals surface area contributed by atoms with Gasteiger partial charge in [0.25, 0.3) is 0 Å². The lowest BCUT2D eigenvalue weighted by Gasteiger charge is -2.11. The minimum absolute atomic E-state index is 0.817. The zero-order chi connectivity index (χ0) is 12.1. The van der Waals surface area contributed by atoms with E-state index < -0.39 is 0 Å². The summed E-state index contributed by atoms with van der Waals surface area (Å²) in [4.78, 5) is 4.12. The van der Waals surface area contributed by atoms with Gasteiger partial charge in [-0.15, -0.1) is 0 Å². The lowest BCUT2D eigenvalue weighted by molar-refractivity contribution is 0.835. The molecule has 0 radical (unpaired) electrons. The van der Waals surface area contributed by atoms with Gasteiger partial charge in [0.15, 0.2) is 0 Å². The Labute approximate surface area is 103 Å². The highest BCUT2D eigenvalue weighted by molar-refractivity contribution is 5.51. The summed E-state index contributed by atoms with van der Waals surface area (Å²) in [5, 5.41) is 3.48. The van der Waals surface area contributed by atoms with Crippen LogP contribution >= 0.6 is 0 Å². The zero-order valence-corrected chi connectivity index (χ0v) is 10.5. The summed E-state index contributed by atoms with van der Waals surface area (Å²) in [5.41, 5.74) is 3.81. The number of anilines is 1. The van der Waals surface area contributed by atoms with Crippen LogP contribution in [-0.4, -0.2) is 9.55 Å². The molecule has 3 nitrogen and oxygen atoms in total. The third-order valence-corrected chi connectivity index (χ3v) is 2.91. The smallest absolute Gasteiger partial charge is 0.0946 e. The van der Waals surface area contributed by atoms with E-state index in [0.29, 0.717) is 0 Å². The summed E-state index contributed by atoms with van der Waals surface area (Å²) in [7, 11) is 2.02. The topological polar surface area (TPSA) is 29.9 Å². The van der Waals surface area contributed by atoms with Gasteiger partial charge < -0.3 is 9.88 Å². The molecule has 0 saturated carbocycles. The van der Waals surface area contributed by atoms with Crippen molar-refractivity contribution < 1.29 is 0 Å². The van der Waals surface area contributed by atoms with Crippen molar-refractivity contribution in [2.45, 2.75) is 26.3 Å². The lowest BCUT2D eigenvalue weighted by Crippen LogP contribution is -2.05.